The predicted octanol–water partition coefficient (Wildman–Crippen LogP) is 2.80. The van der Waals surface area contributed by atoms with E-state index in [-0.39, 0.29) is 11.9 Å². The second-order valence-electron chi connectivity index (χ2n) is 5.26. The quantitative estimate of drug-likeness (QED) is 0.886. The van der Waals surface area contributed by atoms with Crippen LogP contribution in [-0.2, 0) is 0 Å². The van der Waals surface area contributed by atoms with Gasteiger partial charge < -0.3 is 10.6 Å². The first-order valence-electron chi connectivity index (χ1n) is 7.34. The van der Waals surface area contributed by atoms with Crippen LogP contribution in [0, 0.1) is 0 Å². The topological polar surface area (TPSA) is 54.0 Å². The Kier molecular flexibility index (Phi) is 3.86. The molecule has 0 bridgehead atoms. The van der Waals surface area contributed by atoms with E-state index in [1.807, 2.05) is 25.1 Å². The number of carbonyl (C=O) groups is 1. The van der Waals surface area contributed by atoms with Crippen LogP contribution in [0.2, 0.25) is 0 Å². The molecule has 1 saturated carbocycles. The van der Waals surface area contributed by atoms with Crippen molar-refractivity contribution < 1.29 is 4.79 Å². The Morgan fingerprint density at radius 3 is 2.81 bits per heavy atom. The summed E-state index contributed by atoms with van der Waals surface area (Å²) >= 11 is 0. The monoisotopic (exact) mass is 281 g/mol. The molecule has 0 spiro atoms. The van der Waals surface area contributed by atoms with Crippen molar-refractivity contribution in [3.8, 4) is 0 Å². The maximum atomic E-state index is 12.4. The number of amides is 1. The van der Waals surface area contributed by atoms with Gasteiger partial charge in [0.05, 0.1) is 5.56 Å². The summed E-state index contributed by atoms with van der Waals surface area (Å²) in [6.07, 6.45) is 2.70. The van der Waals surface area contributed by atoms with Gasteiger partial charge >= 0.3 is 0 Å². The molecule has 4 heteroatoms. The Hall–Kier alpha value is -2.36. The van der Waals surface area contributed by atoms with Crippen molar-refractivity contribution in [3.05, 3.63) is 59.8 Å². The van der Waals surface area contributed by atoms with E-state index in [2.05, 4.69) is 27.8 Å². The number of nitrogens with zero attached hydrogens (tertiary/aromatic N) is 1. The average Bonchev–Trinajstić information content (AvgIpc) is 3.28. The summed E-state index contributed by atoms with van der Waals surface area (Å²) in [5.41, 5.74) is 1.90. The van der Waals surface area contributed by atoms with Gasteiger partial charge in [-0.25, -0.2) is 4.98 Å². The summed E-state index contributed by atoms with van der Waals surface area (Å²) in [6.45, 7) is 2.73. The molecule has 2 atom stereocenters. The van der Waals surface area contributed by atoms with Gasteiger partial charge in [-0.15, -0.1) is 0 Å². The summed E-state index contributed by atoms with van der Waals surface area (Å²) < 4.78 is 0. The van der Waals surface area contributed by atoms with Gasteiger partial charge in [-0.05, 0) is 31.0 Å². The molecule has 1 aliphatic carbocycles. The molecule has 108 valence electrons. The average molecular weight is 281 g/mol. The van der Waals surface area contributed by atoms with E-state index in [1.54, 1.807) is 18.3 Å². The highest BCUT2D eigenvalue weighted by Gasteiger charge is 2.39. The summed E-state index contributed by atoms with van der Waals surface area (Å²) in [7, 11) is 0. The normalized spacial score (nSPS) is 19.9. The van der Waals surface area contributed by atoms with Gasteiger partial charge in [-0.2, -0.15) is 0 Å². The maximum Gasteiger partial charge on any atom is 0.255 e. The first kappa shape index (κ1) is 13.6. The number of aromatic nitrogens is 1. The third kappa shape index (κ3) is 3.05. The fourth-order valence-electron chi connectivity index (χ4n) is 2.57. The second kappa shape index (κ2) is 5.95. The van der Waals surface area contributed by atoms with Crippen molar-refractivity contribution in [2.45, 2.75) is 25.3 Å². The zero-order chi connectivity index (χ0) is 14.7. The molecule has 21 heavy (non-hydrogen) atoms. The van der Waals surface area contributed by atoms with Crippen molar-refractivity contribution in [3.63, 3.8) is 0 Å². The number of hydrogen-bond donors (Lipinski definition) is 2. The zero-order valence-electron chi connectivity index (χ0n) is 12.0. The molecule has 0 saturated heterocycles. The lowest BCUT2D eigenvalue weighted by atomic mass is 10.1. The van der Waals surface area contributed by atoms with E-state index >= 15 is 0 Å². The number of rotatable bonds is 5. The summed E-state index contributed by atoms with van der Waals surface area (Å²) in [5, 5.41) is 6.22. The van der Waals surface area contributed by atoms with Gasteiger partial charge in [0.2, 0.25) is 0 Å². The lowest BCUT2D eigenvalue weighted by Crippen LogP contribution is -2.27. The number of hydrogen-bond acceptors (Lipinski definition) is 3. The molecule has 0 aliphatic heterocycles. The molecular formula is C17H19N3O. The number of nitrogens with one attached hydrogen (secondary N) is 2. The molecule has 2 unspecified atom stereocenters. The molecule has 2 N–H and O–H groups in total. The molecule has 3 rings (SSSR count). The fourth-order valence-corrected chi connectivity index (χ4v) is 2.57. The van der Waals surface area contributed by atoms with Crippen molar-refractivity contribution in [2.24, 2.45) is 0 Å². The SMILES string of the molecule is CCNc1ncccc1C(=O)NC1CC1c1ccccc1. The van der Waals surface area contributed by atoms with E-state index in [0.29, 0.717) is 17.3 Å². The first-order valence-corrected chi connectivity index (χ1v) is 7.34. The van der Waals surface area contributed by atoms with Gasteiger partial charge in [0.25, 0.3) is 5.91 Å². The number of anilines is 1. The molecule has 2 aromatic rings. The Morgan fingerprint density at radius 2 is 2.05 bits per heavy atom. The summed E-state index contributed by atoms with van der Waals surface area (Å²) in [5.74, 6) is 1.03. The van der Waals surface area contributed by atoms with E-state index in [1.165, 1.54) is 5.56 Å². The minimum atomic E-state index is -0.0533. The third-order valence-electron chi connectivity index (χ3n) is 3.73. The van der Waals surface area contributed by atoms with Gasteiger partial charge in [0.15, 0.2) is 0 Å². The Morgan fingerprint density at radius 1 is 1.24 bits per heavy atom. The van der Waals surface area contributed by atoms with Gasteiger partial charge in [-0.1, -0.05) is 30.3 Å². The van der Waals surface area contributed by atoms with Crippen LogP contribution in [0.25, 0.3) is 0 Å². The standard InChI is InChI=1S/C17H19N3O/c1-2-18-16-13(9-6-10-19-16)17(21)20-15-11-14(15)12-7-4-3-5-8-12/h3-10,14-15H,2,11H2,1H3,(H,18,19)(H,20,21). The van der Waals surface area contributed by atoms with Crippen LogP contribution in [0.1, 0.15) is 35.2 Å². The molecule has 1 amide bonds. The molecular weight excluding hydrogens is 262 g/mol. The lowest BCUT2D eigenvalue weighted by Gasteiger charge is -2.09. The van der Waals surface area contributed by atoms with Gasteiger partial charge in [0.1, 0.15) is 5.82 Å². The molecule has 1 aromatic carbocycles. The molecule has 4 nitrogen and oxygen atoms in total. The van der Waals surface area contributed by atoms with E-state index in [9.17, 15) is 4.79 Å². The van der Waals surface area contributed by atoms with E-state index in [4.69, 9.17) is 0 Å². The van der Waals surface area contributed by atoms with Crippen molar-refractivity contribution in [1.82, 2.24) is 10.3 Å². The Balaban J connectivity index is 1.66. The minimum Gasteiger partial charge on any atom is -0.370 e. The molecule has 1 fully saturated rings. The van der Waals surface area contributed by atoms with Crippen LogP contribution in [0.3, 0.4) is 0 Å². The van der Waals surface area contributed by atoms with Crippen LogP contribution in [-0.4, -0.2) is 23.5 Å². The highest BCUT2D eigenvalue weighted by atomic mass is 16.1. The third-order valence-corrected chi connectivity index (χ3v) is 3.73. The molecule has 1 aromatic heterocycles. The van der Waals surface area contributed by atoms with E-state index in [0.717, 1.165) is 13.0 Å². The molecule has 0 radical (unpaired) electrons. The van der Waals surface area contributed by atoms with E-state index < -0.39 is 0 Å². The highest BCUT2D eigenvalue weighted by molar-refractivity contribution is 5.99. The minimum absolute atomic E-state index is 0.0533. The van der Waals surface area contributed by atoms with Crippen molar-refractivity contribution in [2.75, 3.05) is 11.9 Å². The number of carbonyl (C=O) groups excluding carboxylic acids is 1. The smallest absolute Gasteiger partial charge is 0.255 e. The van der Waals surface area contributed by atoms with Crippen LogP contribution < -0.4 is 10.6 Å². The van der Waals surface area contributed by atoms with Crippen molar-refractivity contribution in [1.29, 1.82) is 0 Å². The summed E-state index contributed by atoms with van der Waals surface area (Å²) in [4.78, 5) is 16.6. The predicted molar refractivity (Wildman–Crippen MR) is 83.5 cm³/mol. The van der Waals surface area contributed by atoms with Gasteiger partial charge in [-0.3, -0.25) is 4.79 Å². The number of pyridine rings is 1. The fraction of sp³-hybridized carbons (Fsp3) is 0.294. The molecule has 1 heterocycles. The van der Waals surface area contributed by atoms with Crippen molar-refractivity contribution >= 4 is 11.7 Å². The van der Waals surface area contributed by atoms with Crippen LogP contribution in [0.15, 0.2) is 48.7 Å². The van der Waals surface area contributed by atoms with Gasteiger partial charge in [0, 0.05) is 24.7 Å². The van der Waals surface area contributed by atoms with Crippen LogP contribution in [0.4, 0.5) is 5.82 Å². The lowest BCUT2D eigenvalue weighted by molar-refractivity contribution is 0.0951. The molecule has 1 aliphatic rings. The first-order chi connectivity index (χ1) is 10.3. The number of benzene rings is 1. The highest BCUT2D eigenvalue weighted by Crippen LogP contribution is 2.40. The second-order valence-corrected chi connectivity index (χ2v) is 5.26. The zero-order valence-corrected chi connectivity index (χ0v) is 12.0. The Bertz CT molecular complexity index is 627. The Labute approximate surface area is 124 Å². The van der Waals surface area contributed by atoms with Crippen LogP contribution in [0.5, 0.6) is 0 Å². The largest absolute Gasteiger partial charge is 0.370 e. The maximum absolute atomic E-state index is 12.4. The summed E-state index contributed by atoms with van der Waals surface area (Å²) in [6, 6.07) is 14.1. The van der Waals surface area contributed by atoms with Crippen LogP contribution >= 0.6 is 0 Å².